The fourth-order valence-electron chi connectivity index (χ4n) is 2.30. The van der Waals surface area contributed by atoms with Gasteiger partial charge in [0, 0.05) is 11.9 Å². The highest BCUT2D eigenvalue weighted by molar-refractivity contribution is 5.79. The summed E-state index contributed by atoms with van der Waals surface area (Å²) in [6.07, 6.45) is 1.77. The summed E-state index contributed by atoms with van der Waals surface area (Å²) in [5, 5.41) is 4.23. The standard InChI is InChI=1S/C18H18N2O/c1-13-7-8-14(11-19-2)9-18(13)21-16-10-15-5-3-4-6-17(15)20-12-16/h3-10,12,19H,11H2,1-2H3. The number of para-hydroxylation sites is 1. The number of rotatable bonds is 4. The molecule has 0 radical (unpaired) electrons. The molecule has 1 N–H and O–H groups in total. The molecular formula is C18H18N2O. The Balaban J connectivity index is 1.92. The fourth-order valence-corrected chi connectivity index (χ4v) is 2.30. The average Bonchev–Trinajstić information content (AvgIpc) is 2.51. The molecule has 3 heteroatoms. The number of nitrogens with zero attached hydrogens (tertiary/aromatic N) is 1. The van der Waals surface area contributed by atoms with Crippen LogP contribution < -0.4 is 10.1 Å². The van der Waals surface area contributed by atoms with Gasteiger partial charge in [0.05, 0.1) is 11.7 Å². The minimum absolute atomic E-state index is 0.762. The number of ether oxygens (including phenoxy) is 1. The number of hydrogen-bond acceptors (Lipinski definition) is 3. The van der Waals surface area contributed by atoms with Gasteiger partial charge < -0.3 is 10.1 Å². The van der Waals surface area contributed by atoms with Crippen molar-refractivity contribution in [2.24, 2.45) is 0 Å². The topological polar surface area (TPSA) is 34.1 Å². The summed E-state index contributed by atoms with van der Waals surface area (Å²) >= 11 is 0. The predicted molar refractivity (Wildman–Crippen MR) is 85.8 cm³/mol. The van der Waals surface area contributed by atoms with Crippen LogP contribution in [0.25, 0.3) is 10.9 Å². The molecule has 106 valence electrons. The highest BCUT2D eigenvalue weighted by atomic mass is 16.5. The fraction of sp³-hybridized carbons (Fsp3) is 0.167. The van der Waals surface area contributed by atoms with Gasteiger partial charge in [0.2, 0.25) is 0 Å². The largest absolute Gasteiger partial charge is 0.455 e. The molecule has 0 saturated heterocycles. The highest BCUT2D eigenvalue weighted by Crippen LogP contribution is 2.27. The van der Waals surface area contributed by atoms with Crippen molar-refractivity contribution >= 4 is 10.9 Å². The van der Waals surface area contributed by atoms with Crippen molar-refractivity contribution in [3.63, 3.8) is 0 Å². The van der Waals surface area contributed by atoms with E-state index >= 15 is 0 Å². The smallest absolute Gasteiger partial charge is 0.146 e. The van der Waals surface area contributed by atoms with Crippen LogP contribution in [0.5, 0.6) is 11.5 Å². The molecule has 0 bridgehead atoms. The van der Waals surface area contributed by atoms with Gasteiger partial charge in [-0.05, 0) is 43.3 Å². The third-order valence-electron chi connectivity index (χ3n) is 3.43. The Morgan fingerprint density at radius 3 is 2.81 bits per heavy atom. The first-order valence-electron chi connectivity index (χ1n) is 7.03. The first kappa shape index (κ1) is 13.6. The van der Waals surface area contributed by atoms with E-state index in [0.29, 0.717) is 0 Å². The van der Waals surface area contributed by atoms with Gasteiger partial charge in [-0.1, -0.05) is 30.3 Å². The Bertz CT molecular complexity index is 768. The zero-order valence-electron chi connectivity index (χ0n) is 12.3. The van der Waals surface area contributed by atoms with E-state index in [1.807, 2.05) is 44.3 Å². The maximum absolute atomic E-state index is 6.01. The van der Waals surface area contributed by atoms with Crippen LogP contribution in [-0.4, -0.2) is 12.0 Å². The molecule has 0 atom stereocenters. The van der Waals surface area contributed by atoms with Crippen molar-refractivity contribution in [2.45, 2.75) is 13.5 Å². The number of hydrogen-bond donors (Lipinski definition) is 1. The number of pyridine rings is 1. The molecule has 1 heterocycles. The first-order valence-corrected chi connectivity index (χ1v) is 7.03. The third kappa shape index (κ3) is 3.03. The summed E-state index contributed by atoms with van der Waals surface area (Å²) in [6.45, 7) is 2.87. The summed E-state index contributed by atoms with van der Waals surface area (Å²) < 4.78 is 6.01. The summed E-state index contributed by atoms with van der Waals surface area (Å²) in [7, 11) is 1.94. The molecule has 0 amide bonds. The Morgan fingerprint density at radius 1 is 1.10 bits per heavy atom. The second-order valence-electron chi connectivity index (χ2n) is 5.10. The van der Waals surface area contributed by atoms with Gasteiger partial charge in [-0.15, -0.1) is 0 Å². The Kier molecular flexibility index (Phi) is 3.84. The number of fused-ring (bicyclic) bond motifs is 1. The minimum Gasteiger partial charge on any atom is -0.455 e. The molecule has 0 aliphatic rings. The van der Waals surface area contributed by atoms with E-state index < -0.39 is 0 Å². The van der Waals surface area contributed by atoms with Crippen LogP contribution in [0.4, 0.5) is 0 Å². The van der Waals surface area contributed by atoms with E-state index in [2.05, 4.69) is 28.5 Å². The monoisotopic (exact) mass is 278 g/mol. The lowest BCUT2D eigenvalue weighted by Gasteiger charge is -2.11. The van der Waals surface area contributed by atoms with E-state index in [0.717, 1.165) is 34.5 Å². The molecule has 3 nitrogen and oxygen atoms in total. The third-order valence-corrected chi connectivity index (χ3v) is 3.43. The Morgan fingerprint density at radius 2 is 1.95 bits per heavy atom. The van der Waals surface area contributed by atoms with Gasteiger partial charge in [0.1, 0.15) is 11.5 Å². The zero-order valence-corrected chi connectivity index (χ0v) is 12.3. The summed E-state index contributed by atoms with van der Waals surface area (Å²) in [4.78, 5) is 4.43. The van der Waals surface area contributed by atoms with Gasteiger partial charge in [0.15, 0.2) is 0 Å². The van der Waals surface area contributed by atoms with Gasteiger partial charge >= 0.3 is 0 Å². The van der Waals surface area contributed by atoms with Crippen LogP contribution in [0.1, 0.15) is 11.1 Å². The molecule has 0 fully saturated rings. The van der Waals surface area contributed by atoms with E-state index in [9.17, 15) is 0 Å². The SMILES string of the molecule is CNCc1ccc(C)c(Oc2cnc3ccccc3c2)c1. The Labute approximate surface area is 124 Å². The molecule has 0 aliphatic carbocycles. The van der Waals surface area contributed by atoms with E-state index in [4.69, 9.17) is 4.74 Å². The maximum Gasteiger partial charge on any atom is 0.146 e. The lowest BCUT2D eigenvalue weighted by molar-refractivity contribution is 0.476. The molecule has 0 aliphatic heterocycles. The van der Waals surface area contributed by atoms with E-state index in [1.54, 1.807) is 6.20 Å². The molecule has 21 heavy (non-hydrogen) atoms. The quantitative estimate of drug-likeness (QED) is 0.781. The molecule has 2 aromatic carbocycles. The van der Waals surface area contributed by atoms with Gasteiger partial charge in [-0.3, -0.25) is 4.98 Å². The second-order valence-corrected chi connectivity index (χ2v) is 5.10. The summed E-state index contributed by atoms with van der Waals surface area (Å²) in [5.41, 5.74) is 3.29. The van der Waals surface area contributed by atoms with Crippen LogP contribution in [0.3, 0.4) is 0 Å². The van der Waals surface area contributed by atoms with Crippen molar-refractivity contribution in [3.8, 4) is 11.5 Å². The van der Waals surface area contributed by atoms with E-state index in [-0.39, 0.29) is 0 Å². The molecule has 1 aromatic heterocycles. The molecule has 3 aromatic rings. The first-order chi connectivity index (χ1) is 10.3. The predicted octanol–water partition coefficient (Wildman–Crippen LogP) is 4.05. The van der Waals surface area contributed by atoms with Gasteiger partial charge in [-0.25, -0.2) is 0 Å². The van der Waals surface area contributed by atoms with Crippen LogP contribution in [-0.2, 0) is 6.54 Å². The average molecular weight is 278 g/mol. The number of nitrogens with one attached hydrogen (secondary N) is 1. The minimum atomic E-state index is 0.762. The molecule has 0 saturated carbocycles. The van der Waals surface area contributed by atoms with Gasteiger partial charge in [0.25, 0.3) is 0 Å². The van der Waals surface area contributed by atoms with Crippen LogP contribution in [0.15, 0.2) is 54.7 Å². The molecule has 0 spiro atoms. The lowest BCUT2D eigenvalue weighted by atomic mass is 10.1. The molecular weight excluding hydrogens is 260 g/mol. The molecule has 0 unspecified atom stereocenters. The number of aryl methyl sites for hydroxylation is 1. The normalized spacial score (nSPS) is 10.8. The van der Waals surface area contributed by atoms with Gasteiger partial charge in [-0.2, -0.15) is 0 Å². The van der Waals surface area contributed by atoms with Crippen molar-refractivity contribution in [1.82, 2.24) is 10.3 Å². The zero-order chi connectivity index (χ0) is 14.7. The van der Waals surface area contributed by atoms with Crippen LogP contribution in [0, 0.1) is 6.92 Å². The molecule has 3 rings (SSSR count). The summed E-state index contributed by atoms with van der Waals surface area (Å²) in [5.74, 6) is 1.64. The highest BCUT2D eigenvalue weighted by Gasteiger charge is 2.05. The van der Waals surface area contributed by atoms with Crippen molar-refractivity contribution < 1.29 is 4.74 Å². The van der Waals surface area contributed by atoms with Crippen LogP contribution >= 0.6 is 0 Å². The van der Waals surface area contributed by atoms with E-state index in [1.165, 1.54) is 5.56 Å². The van der Waals surface area contributed by atoms with Crippen molar-refractivity contribution in [2.75, 3.05) is 7.05 Å². The van der Waals surface area contributed by atoms with Crippen molar-refractivity contribution in [1.29, 1.82) is 0 Å². The maximum atomic E-state index is 6.01. The number of aromatic nitrogens is 1. The Hall–Kier alpha value is -2.39. The lowest BCUT2D eigenvalue weighted by Crippen LogP contribution is -2.05. The second kappa shape index (κ2) is 5.94. The van der Waals surface area contributed by atoms with Crippen LogP contribution in [0.2, 0.25) is 0 Å². The number of benzene rings is 2. The summed E-state index contributed by atoms with van der Waals surface area (Å²) in [6, 6.07) is 16.3. The van der Waals surface area contributed by atoms with Crippen molar-refractivity contribution in [3.05, 3.63) is 65.9 Å².